The minimum Gasteiger partial charge on any atom is -0.384 e. The monoisotopic (exact) mass is 329 g/mol. The van der Waals surface area contributed by atoms with Gasteiger partial charge in [0, 0.05) is 44.3 Å². The van der Waals surface area contributed by atoms with Crippen LogP contribution in [0, 0.1) is 0 Å². The van der Waals surface area contributed by atoms with Gasteiger partial charge in [0.05, 0.1) is 5.56 Å². The maximum absolute atomic E-state index is 12.9. The average molecular weight is 329 g/mol. The molecule has 0 radical (unpaired) electrons. The molecule has 130 valence electrons. The van der Waals surface area contributed by atoms with E-state index in [1.807, 2.05) is 34.1 Å². The molecule has 0 saturated carbocycles. The first-order chi connectivity index (χ1) is 11.7. The first-order valence-corrected chi connectivity index (χ1v) is 9.12. The molecule has 0 unspecified atom stereocenters. The molecule has 2 aliphatic rings. The zero-order valence-electron chi connectivity index (χ0n) is 14.5. The Morgan fingerprint density at radius 2 is 1.96 bits per heavy atom. The fraction of sp³-hybridized carbons (Fsp3) is 0.579. The maximum Gasteiger partial charge on any atom is 0.255 e. The van der Waals surface area contributed by atoms with Crippen LogP contribution in [0.1, 0.15) is 49.4 Å². The van der Waals surface area contributed by atoms with E-state index in [0.717, 1.165) is 63.1 Å². The van der Waals surface area contributed by atoms with Gasteiger partial charge in [-0.1, -0.05) is 19.1 Å². The van der Waals surface area contributed by atoms with Crippen molar-refractivity contribution >= 4 is 17.5 Å². The van der Waals surface area contributed by atoms with Crippen LogP contribution in [0.15, 0.2) is 24.3 Å². The van der Waals surface area contributed by atoms with Gasteiger partial charge >= 0.3 is 0 Å². The summed E-state index contributed by atoms with van der Waals surface area (Å²) in [6.07, 6.45) is 4.48. The highest BCUT2D eigenvalue weighted by Crippen LogP contribution is 2.24. The van der Waals surface area contributed by atoms with Crippen molar-refractivity contribution in [3.8, 4) is 0 Å². The van der Waals surface area contributed by atoms with Gasteiger partial charge < -0.3 is 15.1 Å². The second-order valence-electron chi connectivity index (χ2n) is 6.69. The number of likely N-dealkylation sites (tertiary alicyclic amines) is 2. The third-order valence-corrected chi connectivity index (χ3v) is 5.03. The second kappa shape index (κ2) is 7.69. The van der Waals surface area contributed by atoms with Crippen LogP contribution in [0.2, 0.25) is 0 Å². The van der Waals surface area contributed by atoms with Crippen LogP contribution in [0.25, 0.3) is 0 Å². The number of carbonyl (C=O) groups excluding carboxylic acids is 2. The Morgan fingerprint density at radius 3 is 2.62 bits per heavy atom. The van der Waals surface area contributed by atoms with Crippen LogP contribution >= 0.6 is 0 Å². The van der Waals surface area contributed by atoms with Gasteiger partial charge in [-0.25, -0.2) is 0 Å². The molecule has 24 heavy (non-hydrogen) atoms. The van der Waals surface area contributed by atoms with E-state index in [0.29, 0.717) is 12.5 Å². The van der Waals surface area contributed by atoms with E-state index in [4.69, 9.17) is 0 Å². The van der Waals surface area contributed by atoms with Crippen LogP contribution in [-0.2, 0) is 4.79 Å². The lowest BCUT2D eigenvalue weighted by molar-refractivity contribution is -0.130. The number of anilines is 1. The van der Waals surface area contributed by atoms with Crippen molar-refractivity contribution in [1.82, 2.24) is 9.80 Å². The largest absolute Gasteiger partial charge is 0.384 e. The Hall–Kier alpha value is -2.04. The first kappa shape index (κ1) is 16.8. The molecule has 2 aliphatic heterocycles. The zero-order chi connectivity index (χ0) is 16.9. The van der Waals surface area contributed by atoms with Gasteiger partial charge in [0.1, 0.15) is 0 Å². The fourth-order valence-corrected chi connectivity index (χ4v) is 3.69. The molecule has 3 rings (SSSR count). The Labute approximate surface area is 144 Å². The van der Waals surface area contributed by atoms with E-state index < -0.39 is 0 Å². The van der Waals surface area contributed by atoms with Crippen molar-refractivity contribution in [3.63, 3.8) is 0 Å². The molecule has 1 N–H and O–H groups in total. The molecule has 1 aromatic carbocycles. The normalized spacial score (nSPS) is 19.0. The highest BCUT2D eigenvalue weighted by Gasteiger charge is 2.32. The van der Waals surface area contributed by atoms with Crippen molar-refractivity contribution in [1.29, 1.82) is 0 Å². The van der Waals surface area contributed by atoms with Crippen molar-refractivity contribution in [2.45, 2.75) is 45.1 Å². The first-order valence-electron chi connectivity index (χ1n) is 9.12. The number of hydrogen-bond acceptors (Lipinski definition) is 3. The molecular formula is C19H27N3O2. The van der Waals surface area contributed by atoms with Crippen LogP contribution in [-0.4, -0.2) is 53.8 Å². The van der Waals surface area contributed by atoms with Gasteiger partial charge in [-0.05, 0) is 37.8 Å². The van der Waals surface area contributed by atoms with Crippen molar-refractivity contribution in [3.05, 3.63) is 29.8 Å². The number of hydrogen-bond donors (Lipinski definition) is 1. The van der Waals surface area contributed by atoms with Crippen molar-refractivity contribution < 1.29 is 9.59 Å². The molecule has 1 aromatic rings. The summed E-state index contributed by atoms with van der Waals surface area (Å²) in [7, 11) is 0. The van der Waals surface area contributed by atoms with Crippen LogP contribution in [0.4, 0.5) is 5.69 Å². The lowest BCUT2D eigenvalue weighted by Crippen LogP contribution is -2.47. The summed E-state index contributed by atoms with van der Waals surface area (Å²) in [5.74, 6) is 0.384. The molecule has 2 heterocycles. The molecule has 0 bridgehead atoms. The number of amides is 2. The Kier molecular flexibility index (Phi) is 5.38. The summed E-state index contributed by atoms with van der Waals surface area (Å²) in [6, 6.07) is 8.06. The van der Waals surface area contributed by atoms with E-state index in [9.17, 15) is 9.59 Å². The molecule has 5 nitrogen and oxygen atoms in total. The van der Waals surface area contributed by atoms with Gasteiger partial charge in [-0.3, -0.25) is 9.59 Å². The second-order valence-corrected chi connectivity index (χ2v) is 6.69. The Morgan fingerprint density at radius 1 is 1.21 bits per heavy atom. The number of rotatable bonds is 5. The zero-order valence-corrected chi connectivity index (χ0v) is 14.5. The molecular weight excluding hydrogens is 302 g/mol. The van der Waals surface area contributed by atoms with E-state index in [1.165, 1.54) is 0 Å². The summed E-state index contributed by atoms with van der Waals surface area (Å²) in [6.45, 7) is 5.33. The average Bonchev–Trinajstić information content (AvgIpc) is 3.06. The van der Waals surface area contributed by atoms with Crippen LogP contribution in [0.5, 0.6) is 0 Å². The highest BCUT2D eigenvalue weighted by atomic mass is 16.2. The van der Waals surface area contributed by atoms with Gasteiger partial charge in [0.2, 0.25) is 5.91 Å². The van der Waals surface area contributed by atoms with Crippen molar-refractivity contribution in [2.75, 3.05) is 31.5 Å². The Balaban J connectivity index is 1.62. The minimum absolute atomic E-state index is 0.0976. The molecule has 0 aromatic heterocycles. The van der Waals surface area contributed by atoms with Gasteiger partial charge in [-0.15, -0.1) is 0 Å². The van der Waals surface area contributed by atoms with Gasteiger partial charge in [0.25, 0.3) is 5.91 Å². The molecule has 2 fully saturated rings. The van der Waals surface area contributed by atoms with E-state index in [1.54, 1.807) is 0 Å². The van der Waals surface area contributed by atoms with E-state index >= 15 is 0 Å². The molecule has 0 spiro atoms. The lowest BCUT2D eigenvalue weighted by Gasteiger charge is -2.37. The maximum atomic E-state index is 12.9. The standard InChI is InChI=1S/C19H27N3O2/c1-2-11-20-17-7-4-3-6-16(17)19(24)21-13-9-15(10-14-21)22-12-5-8-18(22)23/h3-4,6-7,15,20H,2,5,8-14H2,1H3. The topological polar surface area (TPSA) is 52.7 Å². The highest BCUT2D eigenvalue weighted by molar-refractivity contribution is 5.99. The summed E-state index contributed by atoms with van der Waals surface area (Å²) in [5.41, 5.74) is 1.67. The fourth-order valence-electron chi connectivity index (χ4n) is 3.69. The summed E-state index contributed by atoms with van der Waals surface area (Å²) in [5, 5.41) is 3.34. The number of piperidine rings is 1. The molecule has 0 atom stereocenters. The van der Waals surface area contributed by atoms with E-state index in [-0.39, 0.29) is 11.8 Å². The van der Waals surface area contributed by atoms with Crippen molar-refractivity contribution in [2.24, 2.45) is 0 Å². The number of carbonyl (C=O) groups is 2. The number of nitrogens with one attached hydrogen (secondary N) is 1. The number of nitrogens with zero attached hydrogens (tertiary/aromatic N) is 2. The van der Waals surface area contributed by atoms with Crippen LogP contribution < -0.4 is 5.32 Å². The lowest BCUT2D eigenvalue weighted by atomic mass is 10.0. The summed E-state index contributed by atoms with van der Waals surface area (Å²) >= 11 is 0. The summed E-state index contributed by atoms with van der Waals surface area (Å²) < 4.78 is 0. The third kappa shape index (κ3) is 3.55. The molecule has 2 amide bonds. The quantitative estimate of drug-likeness (QED) is 0.904. The smallest absolute Gasteiger partial charge is 0.255 e. The number of para-hydroxylation sites is 1. The molecule has 2 saturated heterocycles. The molecule has 0 aliphatic carbocycles. The molecule has 5 heteroatoms. The third-order valence-electron chi connectivity index (χ3n) is 5.03. The number of benzene rings is 1. The Bertz CT molecular complexity index is 594. The predicted molar refractivity (Wildman–Crippen MR) is 95.1 cm³/mol. The van der Waals surface area contributed by atoms with Crippen LogP contribution in [0.3, 0.4) is 0 Å². The van der Waals surface area contributed by atoms with Gasteiger partial charge in [0.15, 0.2) is 0 Å². The summed E-state index contributed by atoms with van der Waals surface area (Å²) in [4.78, 5) is 28.7. The van der Waals surface area contributed by atoms with Gasteiger partial charge in [-0.2, -0.15) is 0 Å². The minimum atomic E-state index is 0.0976. The SMILES string of the molecule is CCCNc1ccccc1C(=O)N1CCC(N2CCCC2=O)CC1. The van der Waals surface area contributed by atoms with E-state index in [2.05, 4.69) is 12.2 Å². The predicted octanol–water partition coefficient (Wildman–Crippen LogP) is 2.74.